The lowest BCUT2D eigenvalue weighted by Crippen LogP contribution is -2.38. The maximum Gasteiger partial charge on any atom is 0.338 e. The van der Waals surface area contributed by atoms with Crippen molar-refractivity contribution in [2.24, 2.45) is 0 Å². The van der Waals surface area contributed by atoms with Gasteiger partial charge in [-0.05, 0) is 79.8 Å². The minimum absolute atomic E-state index is 0.0879. The number of hydrogen-bond donors (Lipinski definition) is 1. The Kier molecular flexibility index (Phi) is 7.40. The van der Waals surface area contributed by atoms with Crippen LogP contribution in [0.5, 0.6) is 0 Å². The monoisotopic (exact) mass is 508 g/mol. The van der Waals surface area contributed by atoms with Gasteiger partial charge < -0.3 is 15.0 Å². The summed E-state index contributed by atoms with van der Waals surface area (Å²) >= 11 is 0. The van der Waals surface area contributed by atoms with Gasteiger partial charge in [0.25, 0.3) is 11.8 Å². The van der Waals surface area contributed by atoms with Gasteiger partial charge in [0.2, 0.25) is 0 Å². The third kappa shape index (κ3) is 5.54. The molecule has 0 saturated carbocycles. The summed E-state index contributed by atoms with van der Waals surface area (Å²) in [7, 11) is 0. The van der Waals surface area contributed by atoms with Gasteiger partial charge in [-0.1, -0.05) is 24.3 Å². The zero-order chi connectivity index (χ0) is 26.5. The Hall–Kier alpha value is -4.59. The molecule has 5 rings (SSSR count). The molecule has 8 nitrogen and oxygen atoms in total. The van der Waals surface area contributed by atoms with Gasteiger partial charge in [0.1, 0.15) is 5.69 Å². The summed E-state index contributed by atoms with van der Waals surface area (Å²) in [6.45, 7) is 3.35. The van der Waals surface area contributed by atoms with Gasteiger partial charge in [-0.3, -0.25) is 14.6 Å². The first kappa shape index (κ1) is 25.1. The van der Waals surface area contributed by atoms with Crippen molar-refractivity contribution in [3.63, 3.8) is 0 Å². The van der Waals surface area contributed by atoms with Crippen LogP contribution in [0.15, 0.2) is 79.0 Å². The van der Waals surface area contributed by atoms with E-state index in [1.165, 1.54) is 5.56 Å². The van der Waals surface area contributed by atoms with Gasteiger partial charge in [0.05, 0.1) is 29.4 Å². The Morgan fingerprint density at radius 1 is 0.895 bits per heavy atom. The number of nitrogens with one attached hydrogen (secondary N) is 1. The van der Waals surface area contributed by atoms with Crippen LogP contribution in [-0.2, 0) is 4.74 Å². The lowest BCUT2D eigenvalue weighted by atomic mass is 9.89. The second kappa shape index (κ2) is 11.2. The minimum atomic E-state index is -0.410. The fraction of sp³-hybridized carbons (Fsp3) is 0.233. The molecule has 4 aromatic rings. The molecule has 2 amide bonds. The second-order valence-electron chi connectivity index (χ2n) is 9.18. The number of carbonyl (C=O) groups is 3. The van der Waals surface area contributed by atoms with Crippen molar-refractivity contribution in [1.29, 1.82) is 0 Å². The van der Waals surface area contributed by atoms with Crippen molar-refractivity contribution < 1.29 is 19.1 Å². The predicted octanol–water partition coefficient (Wildman–Crippen LogP) is 5.08. The van der Waals surface area contributed by atoms with Gasteiger partial charge >= 0.3 is 5.97 Å². The van der Waals surface area contributed by atoms with Crippen LogP contribution in [-0.4, -0.2) is 52.3 Å². The molecule has 2 heterocycles. The van der Waals surface area contributed by atoms with Crippen LogP contribution >= 0.6 is 0 Å². The average Bonchev–Trinajstić information content (AvgIpc) is 2.97. The molecule has 1 fully saturated rings. The van der Waals surface area contributed by atoms with E-state index in [1.54, 1.807) is 37.4 Å². The first-order valence-electron chi connectivity index (χ1n) is 12.7. The number of para-hydroxylation sites is 2. The number of rotatable bonds is 6. The quantitative estimate of drug-likeness (QED) is 0.365. The highest BCUT2D eigenvalue weighted by Gasteiger charge is 2.25. The topological polar surface area (TPSA) is 101 Å². The Morgan fingerprint density at radius 3 is 2.24 bits per heavy atom. The summed E-state index contributed by atoms with van der Waals surface area (Å²) in [6, 6.07) is 21.7. The fourth-order valence-corrected chi connectivity index (χ4v) is 4.65. The van der Waals surface area contributed by atoms with Crippen LogP contribution in [0.3, 0.4) is 0 Å². The maximum atomic E-state index is 13.0. The predicted molar refractivity (Wildman–Crippen MR) is 144 cm³/mol. The summed E-state index contributed by atoms with van der Waals surface area (Å²) in [5, 5.41) is 2.89. The lowest BCUT2D eigenvalue weighted by Gasteiger charge is -2.32. The smallest absolute Gasteiger partial charge is 0.338 e. The second-order valence-corrected chi connectivity index (χ2v) is 9.18. The van der Waals surface area contributed by atoms with E-state index in [-0.39, 0.29) is 11.8 Å². The molecule has 0 atom stereocenters. The third-order valence-corrected chi connectivity index (χ3v) is 6.75. The molecule has 0 unspecified atom stereocenters. The highest BCUT2D eigenvalue weighted by atomic mass is 16.5. The average molecular weight is 509 g/mol. The number of ether oxygens (including phenoxy) is 1. The number of likely N-dealkylation sites (tertiary alicyclic amines) is 1. The van der Waals surface area contributed by atoms with Gasteiger partial charge in [-0.2, -0.15) is 0 Å². The van der Waals surface area contributed by atoms with Crippen molar-refractivity contribution in [3.05, 3.63) is 101 Å². The summed E-state index contributed by atoms with van der Waals surface area (Å²) in [6.07, 6.45) is 3.26. The fourth-order valence-electron chi connectivity index (χ4n) is 4.65. The normalized spacial score (nSPS) is 13.8. The summed E-state index contributed by atoms with van der Waals surface area (Å²) in [5.74, 6) is -0.415. The van der Waals surface area contributed by atoms with Crippen LogP contribution in [0.2, 0.25) is 0 Å². The molecule has 1 N–H and O–H groups in total. The number of anilines is 1. The molecule has 0 aliphatic carbocycles. The number of fused-ring (bicyclic) bond motifs is 1. The standard InChI is InChI=1S/C30H28N4O4/c1-2-38-30(37)23-9-7-22(8-10-23)28(35)32-24-13-11-20(12-14-24)21-15-17-34(18-16-21)29(36)27-19-31-25-5-3-4-6-26(25)33-27/h3-14,19,21H,2,15-18H2,1H3,(H,32,35). The Bertz CT molecular complexity index is 1460. The summed E-state index contributed by atoms with van der Waals surface area (Å²) in [5.41, 5.74) is 4.59. The van der Waals surface area contributed by atoms with Crippen LogP contribution in [0, 0.1) is 0 Å². The molecule has 0 bridgehead atoms. The molecule has 3 aromatic carbocycles. The van der Waals surface area contributed by atoms with Crippen LogP contribution < -0.4 is 5.32 Å². The number of benzene rings is 3. The van der Waals surface area contributed by atoms with Crippen LogP contribution in [0.1, 0.15) is 62.5 Å². The van der Waals surface area contributed by atoms with Gasteiger partial charge in [0, 0.05) is 24.3 Å². The van der Waals surface area contributed by atoms with Crippen molar-refractivity contribution in [3.8, 4) is 0 Å². The number of carbonyl (C=O) groups excluding carboxylic acids is 3. The third-order valence-electron chi connectivity index (χ3n) is 6.75. The molecule has 1 aliphatic heterocycles. The van der Waals surface area contributed by atoms with Crippen molar-refractivity contribution in [1.82, 2.24) is 14.9 Å². The van der Waals surface area contributed by atoms with E-state index in [9.17, 15) is 14.4 Å². The van der Waals surface area contributed by atoms with Gasteiger partial charge in [0.15, 0.2) is 0 Å². The number of amides is 2. The number of aromatic nitrogens is 2. The van der Waals surface area contributed by atoms with E-state index in [0.717, 1.165) is 18.4 Å². The van der Waals surface area contributed by atoms with Crippen molar-refractivity contribution in [2.45, 2.75) is 25.7 Å². The van der Waals surface area contributed by atoms with Gasteiger partial charge in [-0.15, -0.1) is 0 Å². The Balaban J connectivity index is 1.15. The molecule has 1 aliphatic rings. The van der Waals surface area contributed by atoms with E-state index in [1.807, 2.05) is 53.4 Å². The molecular formula is C30H28N4O4. The highest BCUT2D eigenvalue weighted by molar-refractivity contribution is 6.04. The van der Waals surface area contributed by atoms with Crippen molar-refractivity contribution in [2.75, 3.05) is 25.0 Å². The van der Waals surface area contributed by atoms with E-state index in [0.29, 0.717) is 53.6 Å². The highest BCUT2D eigenvalue weighted by Crippen LogP contribution is 2.29. The zero-order valence-electron chi connectivity index (χ0n) is 21.1. The molecule has 192 valence electrons. The maximum absolute atomic E-state index is 13.0. The molecule has 1 saturated heterocycles. The number of nitrogens with zero attached hydrogens (tertiary/aromatic N) is 3. The molecule has 0 spiro atoms. The van der Waals surface area contributed by atoms with E-state index in [2.05, 4.69) is 15.3 Å². The molecule has 1 aromatic heterocycles. The Labute approximate surface area is 220 Å². The first-order chi connectivity index (χ1) is 18.5. The van der Waals surface area contributed by atoms with Crippen LogP contribution in [0.4, 0.5) is 5.69 Å². The first-order valence-corrected chi connectivity index (χ1v) is 12.7. The lowest BCUT2D eigenvalue weighted by molar-refractivity contribution is 0.0525. The molecule has 0 radical (unpaired) electrons. The summed E-state index contributed by atoms with van der Waals surface area (Å²) in [4.78, 5) is 48.1. The van der Waals surface area contributed by atoms with E-state index < -0.39 is 5.97 Å². The minimum Gasteiger partial charge on any atom is -0.462 e. The zero-order valence-corrected chi connectivity index (χ0v) is 21.1. The molecule has 38 heavy (non-hydrogen) atoms. The van der Waals surface area contributed by atoms with Crippen LogP contribution in [0.25, 0.3) is 11.0 Å². The Morgan fingerprint density at radius 2 is 1.55 bits per heavy atom. The summed E-state index contributed by atoms with van der Waals surface area (Å²) < 4.78 is 4.97. The number of hydrogen-bond acceptors (Lipinski definition) is 6. The van der Waals surface area contributed by atoms with Crippen molar-refractivity contribution >= 4 is 34.5 Å². The van der Waals surface area contributed by atoms with Gasteiger partial charge in [-0.25, -0.2) is 9.78 Å². The molecular weight excluding hydrogens is 480 g/mol. The number of esters is 1. The SMILES string of the molecule is CCOC(=O)c1ccc(C(=O)Nc2ccc(C3CCN(C(=O)c4cnc5ccccc5n4)CC3)cc2)cc1. The molecule has 8 heteroatoms. The largest absolute Gasteiger partial charge is 0.462 e. The number of piperidine rings is 1. The van der Waals surface area contributed by atoms with E-state index in [4.69, 9.17) is 4.74 Å². The van der Waals surface area contributed by atoms with E-state index >= 15 is 0 Å².